The molecule has 4 heteroatoms. The number of rotatable bonds is 6. The molecule has 4 nitrogen and oxygen atoms in total. The fraction of sp³-hybridized carbons (Fsp3) is 1.00. The van der Waals surface area contributed by atoms with Crippen molar-refractivity contribution in [2.24, 2.45) is 0 Å². The van der Waals surface area contributed by atoms with Crippen LogP contribution in [0.2, 0.25) is 0 Å². The monoisotopic (exact) mass is 163 g/mol. The van der Waals surface area contributed by atoms with Gasteiger partial charge < -0.3 is 14.3 Å². The van der Waals surface area contributed by atoms with Crippen LogP contribution >= 0.6 is 0 Å². The molecule has 0 heterocycles. The van der Waals surface area contributed by atoms with Gasteiger partial charge >= 0.3 is 0 Å². The molecule has 0 aliphatic carbocycles. The Labute approximate surface area is 68.0 Å². The molecule has 68 valence electrons. The molecular formula is C7H17NO3. The third-order valence-electron chi connectivity index (χ3n) is 1.52. The standard InChI is InChI=1S/C7H17NO3/c1-8(11-4)7(5-9-2)6-10-3/h7H,5-6H2,1-4H3. The SMILES string of the molecule is COCC(COC)N(C)OC. The molecule has 0 amide bonds. The third-order valence-corrected chi connectivity index (χ3v) is 1.52. The lowest BCUT2D eigenvalue weighted by molar-refractivity contribution is -0.163. The smallest absolute Gasteiger partial charge is 0.0816 e. The van der Waals surface area contributed by atoms with Crippen LogP contribution in [0.3, 0.4) is 0 Å². The van der Waals surface area contributed by atoms with Gasteiger partial charge in [0.1, 0.15) is 0 Å². The van der Waals surface area contributed by atoms with E-state index in [1.165, 1.54) is 0 Å². The molecule has 0 radical (unpaired) electrons. The second-order valence-corrected chi connectivity index (χ2v) is 2.29. The van der Waals surface area contributed by atoms with E-state index in [1.54, 1.807) is 26.4 Å². The summed E-state index contributed by atoms with van der Waals surface area (Å²) in [4.78, 5) is 4.99. The van der Waals surface area contributed by atoms with Crippen molar-refractivity contribution in [3.8, 4) is 0 Å². The van der Waals surface area contributed by atoms with Crippen LogP contribution in [0.15, 0.2) is 0 Å². The van der Waals surface area contributed by atoms with Gasteiger partial charge in [-0.2, -0.15) is 5.06 Å². The number of methoxy groups -OCH3 is 2. The van der Waals surface area contributed by atoms with Crippen molar-refractivity contribution in [1.82, 2.24) is 5.06 Å². The average molecular weight is 163 g/mol. The van der Waals surface area contributed by atoms with E-state index in [4.69, 9.17) is 14.3 Å². The lowest BCUT2D eigenvalue weighted by Gasteiger charge is -2.24. The maximum atomic E-state index is 4.99. The van der Waals surface area contributed by atoms with Crippen molar-refractivity contribution in [2.75, 3.05) is 41.6 Å². The molecule has 0 aliphatic rings. The molecule has 0 aromatic carbocycles. The average Bonchev–Trinajstić information content (AvgIpc) is 2.03. The van der Waals surface area contributed by atoms with Crippen molar-refractivity contribution in [2.45, 2.75) is 6.04 Å². The zero-order valence-electron chi connectivity index (χ0n) is 7.66. The third kappa shape index (κ3) is 4.31. The summed E-state index contributed by atoms with van der Waals surface area (Å²) in [5, 5.41) is 1.72. The Bertz CT molecular complexity index is 83.8. The molecule has 11 heavy (non-hydrogen) atoms. The first kappa shape index (κ1) is 10.8. The van der Waals surface area contributed by atoms with Crippen LogP contribution in [-0.4, -0.2) is 52.7 Å². The summed E-state index contributed by atoms with van der Waals surface area (Å²) in [6.45, 7) is 1.22. The Balaban J connectivity index is 3.66. The van der Waals surface area contributed by atoms with Gasteiger partial charge in [0.2, 0.25) is 0 Å². The van der Waals surface area contributed by atoms with Gasteiger partial charge in [-0.1, -0.05) is 0 Å². The zero-order chi connectivity index (χ0) is 8.69. The number of ether oxygens (including phenoxy) is 2. The highest BCUT2D eigenvalue weighted by Crippen LogP contribution is 1.96. The van der Waals surface area contributed by atoms with Crippen LogP contribution < -0.4 is 0 Å². The first-order chi connectivity index (χ1) is 5.26. The second kappa shape index (κ2) is 6.54. The summed E-state index contributed by atoms with van der Waals surface area (Å²) in [7, 11) is 6.79. The minimum absolute atomic E-state index is 0.162. The second-order valence-electron chi connectivity index (χ2n) is 2.29. The van der Waals surface area contributed by atoms with Crippen molar-refractivity contribution in [1.29, 1.82) is 0 Å². The Morgan fingerprint density at radius 3 is 1.82 bits per heavy atom. The highest BCUT2D eigenvalue weighted by Gasteiger charge is 2.13. The molecule has 0 atom stereocenters. The van der Waals surface area contributed by atoms with Crippen LogP contribution in [0.5, 0.6) is 0 Å². The molecule has 0 rings (SSSR count). The highest BCUT2D eigenvalue weighted by atomic mass is 16.7. The Kier molecular flexibility index (Phi) is 6.45. The fourth-order valence-electron chi connectivity index (χ4n) is 0.792. The highest BCUT2D eigenvalue weighted by molar-refractivity contribution is 4.60. The number of likely N-dealkylation sites (N-methyl/N-ethyl adjacent to an activating group) is 1. The van der Waals surface area contributed by atoms with E-state index in [2.05, 4.69) is 0 Å². The Morgan fingerprint density at radius 1 is 1.09 bits per heavy atom. The summed E-state index contributed by atoms with van der Waals surface area (Å²) < 4.78 is 9.96. The van der Waals surface area contributed by atoms with Crippen LogP contribution in [0.4, 0.5) is 0 Å². The summed E-state index contributed by atoms with van der Waals surface area (Å²) in [6.07, 6.45) is 0. The van der Waals surface area contributed by atoms with Crippen LogP contribution in [0, 0.1) is 0 Å². The number of hydrogen-bond acceptors (Lipinski definition) is 4. The van der Waals surface area contributed by atoms with E-state index in [0.29, 0.717) is 13.2 Å². The molecule has 0 saturated heterocycles. The van der Waals surface area contributed by atoms with E-state index in [0.717, 1.165) is 0 Å². The Hall–Kier alpha value is -0.160. The van der Waals surface area contributed by atoms with Gasteiger partial charge in [-0.25, -0.2) is 0 Å². The minimum atomic E-state index is 0.162. The summed E-state index contributed by atoms with van der Waals surface area (Å²) in [5.41, 5.74) is 0. The van der Waals surface area contributed by atoms with Crippen LogP contribution in [0.1, 0.15) is 0 Å². The van der Waals surface area contributed by atoms with E-state index in [9.17, 15) is 0 Å². The molecule has 0 bridgehead atoms. The molecule has 0 unspecified atom stereocenters. The Morgan fingerprint density at radius 2 is 1.55 bits per heavy atom. The molecule has 0 aromatic heterocycles. The number of nitrogens with zero attached hydrogens (tertiary/aromatic N) is 1. The van der Waals surface area contributed by atoms with Gasteiger partial charge in [0, 0.05) is 21.3 Å². The largest absolute Gasteiger partial charge is 0.383 e. The van der Waals surface area contributed by atoms with Gasteiger partial charge in [-0.05, 0) is 0 Å². The molecular weight excluding hydrogens is 146 g/mol. The van der Waals surface area contributed by atoms with Crippen molar-refractivity contribution >= 4 is 0 Å². The number of hydroxylamine groups is 2. The molecule has 0 aliphatic heterocycles. The van der Waals surface area contributed by atoms with E-state index >= 15 is 0 Å². The quantitative estimate of drug-likeness (QED) is 0.521. The number of hydrogen-bond donors (Lipinski definition) is 0. The summed E-state index contributed by atoms with van der Waals surface area (Å²) >= 11 is 0. The normalized spacial score (nSPS) is 11.5. The summed E-state index contributed by atoms with van der Waals surface area (Å²) in [6, 6.07) is 0.162. The molecule has 0 fully saturated rings. The van der Waals surface area contributed by atoms with Crippen LogP contribution in [-0.2, 0) is 14.3 Å². The van der Waals surface area contributed by atoms with E-state index in [-0.39, 0.29) is 6.04 Å². The molecule has 0 spiro atoms. The molecule has 0 aromatic rings. The van der Waals surface area contributed by atoms with E-state index < -0.39 is 0 Å². The maximum absolute atomic E-state index is 4.99. The molecule has 0 N–H and O–H groups in total. The molecule has 0 saturated carbocycles. The van der Waals surface area contributed by atoms with Crippen molar-refractivity contribution in [3.05, 3.63) is 0 Å². The predicted octanol–water partition coefficient (Wildman–Crippen LogP) is 0.141. The van der Waals surface area contributed by atoms with Gasteiger partial charge in [0.15, 0.2) is 0 Å². The fourth-order valence-corrected chi connectivity index (χ4v) is 0.792. The lowest BCUT2D eigenvalue weighted by Crippen LogP contribution is -2.38. The summed E-state index contributed by atoms with van der Waals surface area (Å²) in [5.74, 6) is 0. The first-order valence-corrected chi connectivity index (χ1v) is 3.51. The zero-order valence-corrected chi connectivity index (χ0v) is 7.66. The van der Waals surface area contributed by atoms with Crippen molar-refractivity contribution < 1.29 is 14.3 Å². The van der Waals surface area contributed by atoms with E-state index in [1.807, 2.05) is 7.05 Å². The lowest BCUT2D eigenvalue weighted by atomic mass is 10.3. The van der Waals surface area contributed by atoms with Gasteiger partial charge in [-0.15, -0.1) is 0 Å². The predicted molar refractivity (Wildman–Crippen MR) is 42.3 cm³/mol. The van der Waals surface area contributed by atoms with Gasteiger partial charge in [0.25, 0.3) is 0 Å². The first-order valence-electron chi connectivity index (χ1n) is 3.51. The van der Waals surface area contributed by atoms with Gasteiger partial charge in [-0.3, -0.25) is 0 Å². The van der Waals surface area contributed by atoms with Crippen molar-refractivity contribution in [3.63, 3.8) is 0 Å². The maximum Gasteiger partial charge on any atom is 0.0816 e. The van der Waals surface area contributed by atoms with Crippen LogP contribution in [0.25, 0.3) is 0 Å². The van der Waals surface area contributed by atoms with Gasteiger partial charge in [0.05, 0.1) is 26.4 Å². The minimum Gasteiger partial charge on any atom is -0.383 e. The topological polar surface area (TPSA) is 30.9 Å².